The van der Waals surface area contributed by atoms with Gasteiger partial charge >= 0.3 is 16.5 Å². The van der Waals surface area contributed by atoms with Crippen LogP contribution in [0.1, 0.15) is 12.6 Å². The molecule has 1 aromatic carbocycles. The number of hydrogen-bond donors (Lipinski definition) is 1. The molecule has 0 saturated carbocycles. The van der Waals surface area contributed by atoms with Crippen molar-refractivity contribution < 1.29 is 23.6 Å². The molecule has 1 N–H and O–H groups in total. The molecule has 2 aromatic rings. The maximum Gasteiger partial charge on any atom is 0.326 e. The maximum absolute atomic E-state index is 13.3. The van der Waals surface area contributed by atoms with E-state index in [2.05, 4.69) is 5.32 Å². The van der Waals surface area contributed by atoms with Gasteiger partial charge in [-0.3, -0.25) is 29.1 Å². The minimum atomic E-state index is -1.22. The maximum atomic E-state index is 13.3. The van der Waals surface area contributed by atoms with Crippen LogP contribution in [0.5, 0.6) is 0 Å². The molecule has 9 nitrogen and oxygen atoms in total. The van der Waals surface area contributed by atoms with Crippen molar-refractivity contribution >= 4 is 34.6 Å². The third-order valence-corrected chi connectivity index (χ3v) is 4.23. The van der Waals surface area contributed by atoms with E-state index >= 15 is 0 Å². The number of rotatable bonds is 6. The first-order valence-corrected chi connectivity index (χ1v) is 8.16. The van der Waals surface area contributed by atoms with Gasteiger partial charge < -0.3 is 10.1 Å². The highest BCUT2D eigenvalue weighted by molar-refractivity contribution is 7.07. The summed E-state index contributed by atoms with van der Waals surface area (Å²) in [7, 11) is 0. The van der Waals surface area contributed by atoms with E-state index in [9.17, 15) is 28.9 Å². The van der Waals surface area contributed by atoms with E-state index in [-0.39, 0.29) is 17.1 Å². The average Bonchev–Trinajstić information content (AvgIpc) is 2.88. The molecule has 0 aliphatic rings. The molecule has 11 heteroatoms. The smallest absolute Gasteiger partial charge is 0.326 e. The molecule has 26 heavy (non-hydrogen) atoms. The number of nitro groups is 1. The van der Waals surface area contributed by atoms with Gasteiger partial charge in [0.1, 0.15) is 6.54 Å². The molecule has 2 rings (SSSR count). The zero-order chi connectivity index (χ0) is 19.4. The van der Waals surface area contributed by atoms with Crippen molar-refractivity contribution in [2.24, 2.45) is 0 Å². The Balaban J connectivity index is 1.99. The van der Waals surface area contributed by atoms with Crippen molar-refractivity contribution in [1.29, 1.82) is 0 Å². The van der Waals surface area contributed by atoms with Crippen LogP contribution in [-0.4, -0.2) is 27.5 Å². The minimum Gasteiger partial charge on any atom is -0.451 e. The lowest BCUT2D eigenvalue weighted by molar-refractivity contribution is -0.387. The number of hydrogen-bond acceptors (Lipinski definition) is 7. The number of anilines is 1. The van der Waals surface area contributed by atoms with Crippen LogP contribution < -0.4 is 10.2 Å². The molecule has 138 valence electrons. The average molecular weight is 383 g/mol. The van der Waals surface area contributed by atoms with Crippen molar-refractivity contribution in [3.8, 4) is 0 Å². The van der Waals surface area contributed by atoms with E-state index in [4.69, 9.17) is 4.74 Å². The Kier molecular flexibility index (Phi) is 5.82. The summed E-state index contributed by atoms with van der Waals surface area (Å²) in [6.45, 7) is 2.62. The minimum absolute atomic E-state index is 0.0177. The van der Waals surface area contributed by atoms with Crippen LogP contribution in [0.4, 0.5) is 15.8 Å². The molecule has 0 aliphatic heterocycles. The molecule has 0 radical (unpaired) electrons. The number of benzene rings is 1. The van der Waals surface area contributed by atoms with Gasteiger partial charge in [0.05, 0.1) is 4.92 Å². The first kappa shape index (κ1) is 19.2. The highest BCUT2D eigenvalue weighted by Gasteiger charge is 2.21. The van der Waals surface area contributed by atoms with E-state index in [1.165, 1.54) is 11.5 Å². The largest absolute Gasteiger partial charge is 0.451 e. The van der Waals surface area contributed by atoms with Crippen LogP contribution in [0.25, 0.3) is 0 Å². The second-order valence-electron chi connectivity index (χ2n) is 5.27. The van der Waals surface area contributed by atoms with Gasteiger partial charge in [0.25, 0.3) is 5.91 Å². The number of halogens is 1. The number of carbonyl (C=O) groups excluding carboxylic acids is 2. The van der Waals surface area contributed by atoms with E-state index in [1.807, 2.05) is 0 Å². The number of carbonyl (C=O) groups is 2. The zero-order valence-electron chi connectivity index (χ0n) is 13.7. The van der Waals surface area contributed by atoms with Gasteiger partial charge in [-0.15, -0.1) is 0 Å². The van der Waals surface area contributed by atoms with Gasteiger partial charge in [0.2, 0.25) is 5.82 Å². The summed E-state index contributed by atoms with van der Waals surface area (Å²) in [5.41, 5.74) is -0.219. The second-order valence-corrected chi connectivity index (χ2v) is 6.09. The summed E-state index contributed by atoms with van der Waals surface area (Å²) in [6.07, 6.45) is -1.22. The van der Waals surface area contributed by atoms with E-state index in [0.717, 1.165) is 29.5 Å². The van der Waals surface area contributed by atoms with E-state index in [1.54, 1.807) is 12.3 Å². The fraction of sp³-hybridized carbons (Fsp3) is 0.267. The SMILES string of the molecule is Cc1csc(=O)n1CC(=O)O[C@@H](C)C(=O)Nc1ccc(F)c([N+](=O)[O-])c1. The third kappa shape index (κ3) is 4.51. The summed E-state index contributed by atoms with van der Waals surface area (Å²) in [5.74, 6) is -2.58. The van der Waals surface area contributed by atoms with Gasteiger partial charge in [0.15, 0.2) is 6.10 Å². The molecular weight excluding hydrogens is 369 g/mol. The third-order valence-electron chi connectivity index (χ3n) is 3.35. The van der Waals surface area contributed by atoms with Crippen LogP contribution in [0, 0.1) is 22.9 Å². The van der Waals surface area contributed by atoms with E-state index < -0.39 is 34.4 Å². The Morgan fingerprint density at radius 2 is 2.15 bits per heavy atom. The summed E-state index contributed by atoms with van der Waals surface area (Å²) in [5, 5.41) is 14.6. The fourth-order valence-corrected chi connectivity index (χ4v) is 2.72. The number of thiazole rings is 1. The van der Waals surface area contributed by atoms with Crippen LogP contribution in [-0.2, 0) is 20.9 Å². The molecule has 1 atom stereocenters. The van der Waals surface area contributed by atoms with Crippen LogP contribution in [0.3, 0.4) is 0 Å². The summed E-state index contributed by atoms with van der Waals surface area (Å²) in [4.78, 5) is 44.9. The van der Waals surface area contributed by atoms with Gasteiger partial charge in [0, 0.05) is 22.8 Å². The van der Waals surface area contributed by atoms with Crippen molar-refractivity contribution in [3.05, 3.63) is 54.9 Å². The summed E-state index contributed by atoms with van der Waals surface area (Å²) < 4.78 is 19.4. The number of aryl methyl sites for hydroxylation is 1. The fourth-order valence-electron chi connectivity index (χ4n) is 1.99. The van der Waals surface area contributed by atoms with Crippen molar-refractivity contribution in [2.75, 3.05) is 5.32 Å². The Morgan fingerprint density at radius 3 is 2.73 bits per heavy atom. The number of aromatic nitrogens is 1. The number of nitro benzene ring substituents is 1. The molecular formula is C15H14FN3O6S. The highest BCUT2D eigenvalue weighted by Crippen LogP contribution is 2.21. The number of nitrogens with zero attached hydrogens (tertiary/aromatic N) is 2. The van der Waals surface area contributed by atoms with E-state index in [0.29, 0.717) is 5.69 Å². The topological polar surface area (TPSA) is 121 Å². The molecule has 1 amide bonds. The molecule has 1 aromatic heterocycles. The molecule has 1 heterocycles. The molecule has 0 unspecified atom stereocenters. The highest BCUT2D eigenvalue weighted by atomic mass is 32.1. The molecule has 0 saturated heterocycles. The first-order chi connectivity index (χ1) is 12.2. The van der Waals surface area contributed by atoms with Crippen molar-refractivity contribution in [2.45, 2.75) is 26.5 Å². The molecule has 0 spiro atoms. The summed E-state index contributed by atoms with van der Waals surface area (Å²) >= 11 is 0.939. The van der Waals surface area contributed by atoms with Crippen LogP contribution in [0.2, 0.25) is 0 Å². The molecule has 0 fully saturated rings. The van der Waals surface area contributed by atoms with Gasteiger partial charge in [-0.1, -0.05) is 11.3 Å². The van der Waals surface area contributed by atoms with Crippen LogP contribution in [0.15, 0.2) is 28.4 Å². The predicted molar refractivity (Wildman–Crippen MR) is 90.6 cm³/mol. The van der Waals surface area contributed by atoms with Crippen LogP contribution >= 0.6 is 11.3 Å². The lowest BCUT2D eigenvalue weighted by atomic mass is 10.2. The van der Waals surface area contributed by atoms with Crippen molar-refractivity contribution in [3.63, 3.8) is 0 Å². The zero-order valence-corrected chi connectivity index (χ0v) is 14.5. The second kappa shape index (κ2) is 7.87. The number of amides is 1. The van der Waals surface area contributed by atoms with Gasteiger partial charge in [-0.2, -0.15) is 4.39 Å². The standard InChI is InChI=1S/C15H14FN3O6S/c1-8-7-26-15(22)18(8)6-13(20)25-9(2)14(21)17-10-3-4-11(16)12(5-10)19(23)24/h3-5,7,9H,6H2,1-2H3,(H,17,21)/t9-/m0/s1. The number of nitrogens with one attached hydrogen (secondary N) is 1. The lowest BCUT2D eigenvalue weighted by Crippen LogP contribution is -2.32. The molecule has 0 bridgehead atoms. The first-order valence-electron chi connectivity index (χ1n) is 7.28. The quantitative estimate of drug-likeness (QED) is 0.462. The number of ether oxygens (including phenoxy) is 1. The van der Waals surface area contributed by atoms with Gasteiger partial charge in [-0.05, 0) is 26.0 Å². The predicted octanol–water partition coefficient (Wildman–Crippen LogP) is 1.84. The Labute approximate surface area is 150 Å². The Hall–Kier alpha value is -3.08. The monoisotopic (exact) mass is 383 g/mol. The molecule has 0 aliphatic carbocycles. The van der Waals surface area contributed by atoms with Gasteiger partial charge in [-0.25, -0.2) is 0 Å². The Bertz CT molecular complexity index is 922. The lowest BCUT2D eigenvalue weighted by Gasteiger charge is -2.14. The van der Waals surface area contributed by atoms with Crippen molar-refractivity contribution in [1.82, 2.24) is 4.57 Å². The summed E-state index contributed by atoms with van der Waals surface area (Å²) in [6, 6.07) is 2.84. The number of esters is 1. The normalized spacial score (nSPS) is 11.7. The Morgan fingerprint density at radius 1 is 1.46 bits per heavy atom.